The van der Waals surface area contributed by atoms with Gasteiger partial charge in [0.2, 0.25) is 0 Å². The molecule has 1 heteroatoms. The monoisotopic (exact) mass is 214 g/mol. The highest BCUT2D eigenvalue weighted by Gasteiger charge is 2.10. The van der Waals surface area contributed by atoms with Crippen molar-refractivity contribution >= 4 is 5.78 Å². The van der Waals surface area contributed by atoms with Gasteiger partial charge in [0.1, 0.15) is 5.78 Å². The van der Waals surface area contributed by atoms with Crippen molar-refractivity contribution in [3.63, 3.8) is 0 Å². The molecule has 0 radical (unpaired) electrons. The molecule has 0 N–H and O–H groups in total. The zero-order valence-corrected chi connectivity index (χ0v) is 9.94. The van der Waals surface area contributed by atoms with E-state index in [0.29, 0.717) is 0 Å². The Labute approximate surface area is 97.5 Å². The molecule has 1 atom stereocenters. The third-order valence-electron chi connectivity index (χ3n) is 2.43. The van der Waals surface area contributed by atoms with Crippen LogP contribution in [0.15, 0.2) is 54.6 Å². The summed E-state index contributed by atoms with van der Waals surface area (Å²) in [6, 6.07) is 10.1. The molecule has 0 unspecified atom stereocenters. The number of benzene rings is 1. The lowest BCUT2D eigenvalue weighted by atomic mass is 9.95. The Morgan fingerprint density at radius 3 is 2.44 bits per heavy atom. The molecule has 1 aromatic rings. The maximum atomic E-state index is 11.5. The van der Waals surface area contributed by atoms with Gasteiger partial charge < -0.3 is 0 Å². The largest absolute Gasteiger partial charge is 0.299 e. The lowest BCUT2D eigenvalue weighted by molar-refractivity contribution is -0.119. The van der Waals surface area contributed by atoms with Crippen molar-refractivity contribution in [3.05, 3.63) is 60.2 Å². The van der Waals surface area contributed by atoms with Gasteiger partial charge in [-0.15, -0.1) is 0 Å². The number of hydrogen-bond acceptors (Lipinski definition) is 1. The molecule has 1 aromatic carbocycles. The van der Waals surface area contributed by atoms with Crippen LogP contribution < -0.4 is 0 Å². The Morgan fingerprint density at radius 2 is 1.94 bits per heavy atom. The highest BCUT2D eigenvalue weighted by molar-refractivity contribution is 5.80. The minimum atomic E-state index is -0.0425. The SMILES string of the molecule is C=C(C)/C=C/[C@@H](Cc1ccccc1)C(C)=O. The normalized spacial score (nSPS) is 12.6. The fraction of sp³-hybridized carbons (Fsp3) is 0.267. The number of allylic oxidation sites excluding steroid dienone is 3. The summed E-state index contributed by atoms with van der Waals surface area (Å²) in [6.07, 6.45) is 4.62. The highest BCUT2D eigenvalue weighted by Crippen LogP contribution is 2.12. The second-order valence-corrected chi connectivity index (χ2v) is 4.11. The second-order valence-electron chi connectivity index (χ2n) is 4.11. The second kappa shape index (κ2) is 6.06. The first kappa shape index (κ1) is 12.4. The maximum absolute atomic E-state index is 11.5. The minimum absolute atomic E-state index is 0.0425. The highest BCUT2D eigenvalue weighted by atomic mass is 16.1. The van der Waals surface area contributed by atoms with E-state index in [-0.39, 0.29) is 11.7 Å². The maximum Gasteiger partial charge on any atom is 0.136 e. The van der Waals surface area contributed by atoms with Gasteiger partial charge in [0.25, 0.3) is 0 Å². The molecule has 0 bridgehead atoms. The molecule has 0 aliphatic heterocycles. The minimum Gasteiger partial charge on any atom is -0.299 e. The smallest absolute Gasteiger partial charge is 0.136 e. The van der Waals surface area contributed by atoms with Crippen molar-refractivity contribution in [1.82, 2.24) is 0 Å². The molecule has 1 rings (SSSR count). The molecular formula is C15H18O. The summed E-state index contributed by atoms with van der Waals surface area (Å²) in [5.74, 6) is 0.153. The average molecular weight is 214 g/mol. The predicted molar refractivity (Wildman–Crippen MR) is 68.3 cm³/mol. The van der Waals surface area contributed by atoms with Crippen LogP contribution in [0.1, 0.15) is 19.4 Å². The lowest BCUT2D eigenvalue weighted by Gasteiger charge is -2.08. The summed E-state index contributed by atoms with van der Waals surface area (Å²) in [5.41, 5.74) is 2.16. The molecule has 0 spiro atoms. The standard InChI is InChI=1S/C15H18O/c1-12(2)9-10-15(13(3)16)11-14-7-5-4-6-8-14/h4-10,15H,1,11H2,2-3H3/b10-9+/t15-/m0/s1. The molecule has 0 saturated heterocycles. The van der Waals surface area contributed by atoms with Crippen LogP contribution in [0, 0.1) is 5.92 Å². The predicted octanol–water partition coefficient (Wildman–Crippen LogP) is 3.57. The van der Waals surface area contributed by atoms with Crippen LogP contribution in [0.25, 0.3) is 0 Å². The van der Waals surface area contributed by atoms with E-state index in [2.05, 4.69) is 6.58 Å². The van der Waals surface area contributed by atoms with E-state index >= 15 is 0 Å². The van der Waals surface area contributed by atoms with E-state index in [1.807, 2.05) is 49.4 Å². The van der Waals surface area contributed by atoms with Gasteiger partial charge in [-0.05, 0) is 25.8 Å². The van der Waals surface area contributed by atoms with Crippen LogP contribution in [0.3, 0.4) is 0 Å². The fourth-order valence-electron chi connectivity index (χ4n) is 1.50. The first-order chi connectivity index (χ1) is 7.59. The van der Waals surface area contributed by atoms with E-state index in [0.717, 1.165) is 12.0 Å². The third kappa shape index (κ3) is 4.26. The van der Waals surface area contributed by atoms with Crippen LogP contribution in [0.4, 0.5) is 0 Å². The lowest BCUT2D eigenvalue weighted by Crippen LogP contribution is -2.11. The van der Waals surface area contributed by atoms with Crippen LogP contribution in [-0.2, 0) is 11.2 Å². The van der Waals surface area contributed by atoms with Gasteiger partial charge in [-0.25, -0.2) is 0 Å². The number of ketones is 1. The zero-order valence-electron chi connectivity index (χ0n) is 9.94. The van der Waals surface area contributed by atoms with Gasteiger partial charge in [-0.1, -0.05) is 54.6 Å². The third-order valence-corrected chi connectivity index (χ3v) is 2.43. The summed E-state index contributed by atoms with van der Waals surface area (Å²) in [6.45, 7) is 7.36. The Balaban J connectivity index is 2.73. The first-order valence-corrected chi connectivity index (χ1v) is 5.47. The van der Waals surface area contributed by atoms with E-state index in [1.165, 1.54) is 5.56 Å². The van der Waals surface area contributed by atoms with Crippen LogP contribution in [0.2, 0.25) is 0 Å². The number of carbonyl (C=O) groups excluding carboxylic acids is 1. The number of hydrogen-bond donors (Lipinski definition) is 0. The van der Waals surface area contributed by atoms with Gasteiger partial charge in [-0.3, -0.25) is 4.79 Å². The molecule has 0 fully saturated rings. The van der Waals surface area contributed by atoms with Crippen molar-refractivity contribution in [3.8, 4) is 0 Å². The van der Waals surface area contributed by atoms with Crippen molar-refractivity contribution in [2.24, 2.45) is 5.92 Å². The molecule has 1 nitrogen and oxygen atoms in total. The Bertz CT molecular complexity index is 387. The van der Waals surface area contributed by atoms with Gasteiger partial charge >= 0.3 is 0 Å². The van der Waals surface area contributed by atoms with Crippen LogP contribution in [-0.4, -0.2) is 5.78 Å². The summed E-state index contributed by atoms with van der Waals surface area (Å²) in [7, 11) is 0. The summed E-state index contributed by atoms with van der Waals surface area (Å²) in [5, 5.41) is 0. The Kier molecular flexibility index (Phi) is 4.71. The van der Waals surface area contributed by atoms with Crippen molar-refractivity contribution < 1.29 is 4.79 Å². The van der Waals surface area contributed by atoms with Crippen LogP contribution in [0.5, 0.6) is 0 Å². The number of carbonyl (C=O) groups is 1. The van der Waals surface area contributed by atoms with E-state index in [9.17, 15) is 4.79 Å². The molecule has 0 amide bonds. The summed E-state index contributed by atoms with van der Waals surface area (Å²) in [4.78, 5) is 11.5. The zero-order chi connectivity index (χ0) is 12.0. The molecule has 0 aliphatic rings. The molecule has 84 valence electrons. The number of rotatable bonds is 5. The van der Waals surface area contributed by atoms with Crippen LogP contribution >= 0.6 is 0 Å². The van der Waals surface area contributed by atoms with Crippen molar-refractivity contribution in [2.75, 3.05) is 0 Å². The molecule has 0 heterocycles. The van der Waals surface area contributed by atoms with Crippen molar-refractivity contribution in [1.29, 1.82) is 0 Å². The van der Waals surface area contributed by atoms with E-state index in [4.69, 9.17) is 0 Å². The molecule has 16 heavy (non-hydrogen) atoms. The topological polar surface area (TPSA) is 17.1 Å². The fourth-order valence-corrected chi connectivity index (χ4v) is 1.50. The van der Waals surface area contributed by atoms with Gasteiger partial charge in [0, 0.05) is 5.92 Å². The average Bonchev–Trinajstić information content (AvgIpc) is 2.25. The summed E-state index contributed by atoms with van der Waals surface area (Å²) < 4.78 is 0. The quantitative estimate of drug-likeness (QED) is 0.685. The van der Waals surface area contributed by atoms with Gasteiger partial charge in [-0.2, -0.15) is 0 Å². The Morgan fingerprint density at radius 1 is 1.31 bits per heavy atom. The van der Waals surface area contributed by atoms with Gasteiger partial charge in [0.15, 0.2) is 0 Å². The molecule has 0 saturated carbocycles. The first-order valence-electron chi connectivity index (χ1n) is 5.47. The number of Topliss-reactive ketones (excluding diaryl/α,β-unsaturated/α-hetero) is 1. The van der Waals surface area contributed by atoms with Gasteiger partial charge in [0.05, 0.1) is 0 Å². The molecular weight excluding hydrogens is 196 g/mol. The Hall–Kier alpha value is -1.63. The van der Waals surface area contributed by atoms with Crippen molar-refractivity contribution in [2.45, 2.75) is 20.3 Å². The summed E-state index contributed by atoms with van der Waals surface area (Å²) >= 11 is 0. The van der Waals surface area contributed by atoms with E-state index < -0.39 is 0 Å². The van der Waals surface area contributed by atoms with E-state index in [1.54, 1.807) is 6.92 Å². The molecule has 0 aromatic heterocycles. The molecule has 0 aliphatic carbocycles.